The normalized spacial score (nSPS) is 16.1. The van der Waals surface area contributed by atoms with E-state index < -0.39 is 0 Å². The van der Waals surface area contributed by atoms with Crippen molar-refractivity contribution < 1.29 is 4.79 Å². The van der Waals surface area contributed by atoms with Gasteiger partial charge in [0.2, 0.25) is 0 Å². The van der Waals surface area contributed by atoms with E-state index in [2.05, 4.69) is 11.9 Å². The van der Waals surface area contributed by atoms with Gasteiger partial charge in [0.15, 0.2) is 0 Å². The zero-order valence-corrected chi connectivity index (χ0v) is 13.5. The number of carbonyl (C=O) groups is 1. The third-order valence-electron chi connectivity index (χ3n) is 3.98. The lowest BCUT2D eigenvalue weighted by molar-refractivity contribution is 0.0833. The van der Waals surface area contributed by atoms with Crippen molar-refractivity contribution in [1.82, 2.24) is 4.90 Å². The minimum absolute atomic E-state index is 0.00943. The Balaban J connectivity index is 2.04. The molecule has 1 aromatic heterocycles. The maximum Gasteiger partial charge on any atom is 0.265 e. The number of rotatable bonds is 4. The Bertz CT molecular complexity index is 464. The highest BCUT2D eigenvalue weighted by Gasteiger charge is 2.20. The van der Waals surface area contributed by atoms with Crippen LogP contribution in [0.3, 0.4) is 0 Å². The molecule has 0 atom stereocenters. The molecule has 0 radical (unpaired) electrons. The van der Waals surface area contributed by atoms with E-state index in [1.165, 1.54) is 43.4 Å². The van der Waals surface area contributed by atoms with Crippen LogP contribution in [0.4, 0.5) is 10.7 Å². The van der Waals surface area contributed by atoms with E-state index in [0.717, 1.165) is 17.5 Å². The smallest absolute Gasteiger partial charge is 0.265 e. The van der Waals surface area contributed by atoms with Gasteiger partial charge >= 0.3 is 0 Å². The Morgan fingerprint density at radius 3 is 2.55 bits per heavy atom. The maximum absolute atomic E-state index is 12.0. The average molecular weight is 295 g/mol. The molecule has 20 heavy (non-hydrogen) atoms. The molecule has 0 unspecified atom stereocenters. The highest BCUT2D eigenvalue weighted by atomic mass is 32.1. The van der Waals surface area contributed by atoms with E-state index in [9.17, 15) is 4.79 Å². The lowest BCUT2D eigenvalue weighted by Crippen LogP contribution is -2.26. The summed E-state index contributed by atoms with van der Waals surface area (Å²) >= 11 is 1.50. The predicted octanol–water partition coefficient (Wildman–Crippen LogP) is 3.05. The lowest BCUT2D eigenvalue weighted by atomic mass is 9.89. The van der Waals surface area contributed by atoms with E-state index in [-0.39, 0.29) is 5.91 Å². The molecule has 4 nitrogen and oxygen atoms in total. The molecule has 1 saturated carbocycles. The van der Waals surface area contributed by atoms with Crippen LogP contribution in [0.15, 0.2) is 6.07 Å². The van der Waals surface area contributed by atoms with E-state index in [4.69, 9.17) is 5.73 Å². The van der Waals surface area contributed by atoms with Crippen molar-refractivity contribution in [2.24, 2.45) is 5.92 Å². The molecule has 2 rings (SSSR count). The van der Waals surface area contributed by atoms with Crippen LogP contribution in [0.5, 0.6) is 0 Å². The molecule has 1 fully saturated rings. The summed E-state index contributed by atoms with van der Waals surface area (Å²) in [6.45, 7) is 1.07. The van der Waals surface area contributed by atoms with Gasteiger partial charge < -0.3 is 15.5 Å². The zero-order valence-electron chi connectivity index (χ0n) is 12.7. The second kappa shape index (κ2) is 6.48. The van der Waals surface area contributed by atoms with Gasteiger partial charge in [0.1, 0.15) is 4.88 Å². The summed E-state index contributed by atoms with van der Waals surface area (Å²) in [5.74, 6) is 0.773. The number of amides is 1. The third kappa shape index (κ3) is 3.45. The van der Waals surface area contributed by atoms with Crippen LogP contribution < -0.4 is 10.6 Å². The summed E-state index contributed by atoms with van der Waals surface area (Å²) in [6, 6.07) is 1.93. The Labute approximate surface area is 125 Å². The highest BCUT2D eigenvalue weighted by molar-refractivity contribution is 7.18. The summed E-state index contributed by atoms with van der Waals surface area (Å²) in [5, 5.41) is 1.10. The van der Waals surface area contributed by atoms with Gasteiger partial charge in [-0.1, -0.05) is 19.3 Å². The number of anilines is 2. The van der Waals surface area contributed by atoms with Crippen LogP contribution in [0, 0.1) is 5.92 Å². The number of hydrogen-bond donors (Lipinski definition) is 1. The van der Waals surface area contributed by atoms with Crippen LogP contribution in [-0.4, -0.2) is 38.5 Å². The van der Waals surface area contributed by atoms with Gasteiger partial charge in [0.05, 0.1) is 10.7 Å². The van der Waals surface area contributed by atoms with Gasteiger partial charge in [0, 0.05) is 27.7 Å². The van der Waals surface area contributed by atoms with E-state index in [1.54, 1.807) is 19.0 Å². The van der Waals surface area contributed by atoms with E-state index in [1.807, 2.05) is 6.07 Å². The molecule has 0 aliphatic heterocycles. The van der Waals surface area contributed by atoms with Crippen molar-refractivity contribution in [1.29, 1.82) is 0 Å². The Morgan fingerprint density at radius 1 is 1.30 bits per heavy atom. The molecule has 1 aliphatic rings. The maximum atomic E-state index is 12.0. The molecule has 1 aromatic rings. The quantitative estimate of drug-likeness (QED) is 0.929. The fraction of sp³-hybridized carbons (Fsp3) is 0.667. The van der Waals surface area contributed by atoms with Crippen LogP contribution in [0.2, 0.25) is 0 Å². The lowest BCUT2D eigenvalue weighted by Gasteiger charge is -2.27. The first-order chi connectivity index (χ1) is 9.49. The zero-order chi connectivity index (χ0) is 14.7. The molecule has 0 saturated heterocycles. The molecular weight excluding hydrogens is 270 g/mol. The number of carbonyl (C=O) groups excluding carboxylic acids is 1. The minimum atomic E-state index is -0.00943. The van der Waals surface area contributed by atoms with E-state index >= 15 is 0 Å². The SMILES string of the molecule is CN(C)C(=O)c1sc(N(C)CC2CCCCC2)cc1N. The summed E-state index contributed by atoms with van der Waals surface area (Å²) < 4.78 is 0. The largest absolute Gasteiger partial charge is 0.397 e. The molecule has 112 valence electrons. The molecule has 0 bridgehead atoms. The summed E-state index contributed by atoms with van der Waals surface area (Å²) in [6.07, 6.45) is 6.75. The first-order valence-corrected chi connectivity index (χ1v) is 8.12. The van der Waals surface area contributed by atoms with Crippen LogP contribution >= 0.6 is 11.3 Å². The molecule has 5 heteroatoms. The fourth-order valence-electron chi connectivity index (χ4n) is 2.80. The second-order valence-electron chi connectivity index (χ2n) is 5.95. The molecule has 1 aliphatic carbocycles. The van der Waals surface area contributed by atoms with Crippen molar-refractivity contribution in [3.05, 3.63) is 10.9 Å². The van der Waals surface area contributed by atoms with Crippen LogP contribution in [0.1, 0.15) is 41.8 Å². The standard InChI is InChI=1S/C15H25N3OS/c1-17(2)15(19)14-12(16)9-13(20-14)18(3)10-11-7-5-4-6-8-11/h9,11H,4-8,10,16H2,1-3H3. The fourth-order valence-corrected chi connectivity index (χ4v) is 3.87. The van der Waals surface area contributed by atoms with Gasteiger partial charge in [-0.05, 0) is 24.8 Å². The van der Waals surface area contributed by atoms with Crippen molar-refractivity contribution >= 4 is 27.9 Å². The summed E-state index contributed by atoms with van der Waals surface area (Å²) in [4.78, 5) is 16.5. The summed E-state index contributed by atoms with van der Waals surface area (Å²) in [5.41, 5.74) is 6.58. The molecule has 1 amide bonds. The highest BCUT2D eigenvalue weighted by Crippen LogP contribution is 2.34. The topological polar surface area (TPSA) is 49.6 Å². The van der Waals surface area contributed by atoms with Crippen molar-refractivity contribution in [3.63, 3.8) is 0 Å². The van der Waals surface area contributed by atoms with Crippen LogP contribution in [0.25, 0.3) is 0 Å². The van der Waals surface area contributed by atoms with Crippen molar-refractivity contribution in [3.8, 4) is 0 Å². The summed E-state index contributed by atoms with van der Waals surface area (Å²) in [7, 11) is 5.61. The molecule has 0 spiro atoms. The Hall–Kier alpha value is -1.23. The van der Waals surface area contributed by atoms with Crippen molar-refractivity contribution in [2.75, 3.05) is 38.3 Å². The van der Waals surface area contributed by atoms with Gasteiger partial charge in [-0.2, -0.15) is 0 Å². The first kappa shape index (κ1) is 15.2. The van der Waals surface area contributed by atoms with Crippen molar-refractivity contribution in [2.45, 2.75) is 32.1 Å². The molecular formula is C15H25N3OS. The second-order valence-corrected chi connectivity index (χ2v) is 6.98. The van der Waals surface area contributed by atoms with Gasteiger partial charge in [-0.15, -0.1) is 11.3 Å². The number of thiophene rings is 1. The van der Waals surface area contributed by atoms with E-state index in [0.29, 0.717) is 10.6 Å². The van der Waals surface area contributed by atoms with Gasteiger partial charge in [0.25, 0.3) is 5.91 Å². The number of nitrogens with two attached hydrogens (primary N) is 1. The van der Waals surface area contributed by atoms with Gasteiger partial charge in [-0.25, -0.2) is 0 Å². The monoisotopic (exact) mass is 295 g/mol. The number of nitrogens with zero attached hydrogens (tertiary/aromatic N) is 2. The third-order valence-corrected chi connectivity index (χ3v) is 5.23. The predicted molar refractivity (Wildman–Crippen MR) is 86.6 cm³/mol. The average Bonchev–Trinajstić information content (AvgIpc) is 2.81. The Kier molecular flexibility index (Phi) is 4.91. The Morgan fingerprint density at radius 2 is 1.95 bits per heavy atom. The molecule has 0 aromatic carbocycles. The first-order valence-electron chi connectivity index (χ1n) is 7.31. The molecule has 1 heterocycles. The van der Waals surface area contributed by atoms with Crippen LogP contribution in [-0.2, 0) is 0 Å². The van der Waals surface area contributed by atoms with Gasteiger partial charge in [-0.3, -0.25) is 4.79 Å². The number of hydrogen-bond acceptors (Lipinski definition) is 4. The molecule has 2 N–H and O–H groups in total. The number of nitrogen functional groups attached to an aromatic ring is 1. The minimum Gasteiger partial charge on any atom is -0.397 e.